The predicted octanol–water partition coefficient (Wildman–Crippen LogP) is 1.82. The maximum Gasteiger partial charge on any atom is 0.325 e. The number of hydrogen-bond acceptors (Lipinski definition) is 6. The van der Waals surface area contributed by atoms with Gasteiger partial charge < -0.3 is 15.4 Å². The highest BCUT2D eigenvalue weighted by atomic mass is 79.9. The minimum atomic E-state index is -4.11. The molecule has 0 fully saturated rings. The van der Waals surface area contributed by atoms with Gasteiger partial charge in [-0.1, -0.05) is 33.6 Å². The molecule has 0 unspecified atom stereocenters. The average Bonchev–Trinajstić information content (AvgIpc) is 2.76. The van der Waals surface area contributed by atoms with Gasteiger partial charge in [0.25, 0.3) is 5.91 Å². The van der Waals surface area contributed by atoms with Gasteiger partial charge in [0, 0.05) is 10.0 Å². The molecule has 11 heteroatoms. The zero-order chi connectivity index (χ0) is 23.7. The third-order valence-electron chi connectivity index (χ3n) is 4.24. The fraction of sp³-hybridized carbons (Fsp3) is 0.286. The van der Waals surface area contributed by atoms with Gasteiger partial charge in [-0.3, -0.25) is 14.4 Å². The van der Waals surface area contributed by atoms with E-state index in [0.29, 0.717) is 5.56 Å². The summed E-state index contributed by atoms with van der Waals surface area (Å²) in [5.41, 5.74) is 1.19. The van der Waals surface area contributed by atoms with E-state index in [-0.39, 0.29) is 11.5 Å². The summed E-state index contributed by atoms with van der Waals surface area (Å²) in [6.07, 6.45) is 0. The molecule has 0 saturated carbocycles. The van der Waals surface area contributed by atoms with Crippen molar-refractivity contribution in [3.8, 4) is 0 Å². The fourth-order valence-electron chi connectivity index (χ4n) is 2.55. The van der Waals surface area contributed by atoms with Gasteiger partial charge in [0.15, 0.2) is 0 Å². The molecule has 32 heavy (non-hydrogen) atoms. The Kier molecular flexibility index (Phi) is 9.36. The monoisotopic (exact) mass is 525 g/mol. The Bertz CT molecular complexity index is 1060. The molecule has 0 aromatic heterocycles. The Balaban J connectivity index is 2.16. The lowest BCUT2D eigenvalue weighted by Crippen LogP contribution is -2.47. The number of sulfonamides is 1. The molecule has 0 atom stereocenters. The zero-order valence-electron chi connectivity index (χ0n) is 17.6. The third-order valence-corrected chi connectivity index (χ3v) is 6.57. The second-order valence-electron chi connectivity index (χ2n) is 6.68. The number of carbonyl (C=O) groups is 3. The molecule has 0 bridgehead atoms. The Hall–Kier alpha value is -2.76. The first-order valence-corrected chi connectivity index (χ1v) is 11.9. The van der Waals surface area contributed by atoms with Crippen LogP contribution in [0.5, 0.6) is 0 Å². The number of esters is 1. The van der Waals surface area contributed by atoms with Crippen molar-refractivity contribution >= 4 is 43.7 Å². The van der Waals surface area contributed by atoms with Crippen LogP contribution in [0.25, 0.3) is 0 Å². The van der Waals surface area contributed by atoms with Crippen molar-refractivity contribution in [1.29, 1.82) is 0 Å². The lowest BCUT2D eigenvalue weighted by Gasteiger charge is -2.22. The molecule has 0 spiro atoms. The highest BCUT2D eigenvalue weighted by molar-refractivity contribution is 9.10. The number of nitrogens with zero attached hydrogens (tertiary/aromatic N) is 1. The molecule has 0 aliphatic carbocycles. The topological polar surface area (TPSA) is 122 Å². The molecule has 9 nitrogen and oxygen atoms in total. The van der Waals surface area contributed by atoms with E-state index in [1.165, 1.54) is 12.1 Å². The van der Waals surface area contributed by atoms with E-state index in [0.717, 1.165) is 14.3 Å². The number of hydrogen-bond donors (Lipinski definition) is 2. The van der Waals surface area contributed by atoms with Gasteiger partial charge in [-0.15, -0.1) is 0 Å². The van der Waals surface area contributed by atoms with Crippen molar-refractivity contribution < 1.29 is 27.5 Å². The number of rotatable bonds is 10. The molecular weight excluding hydrogens is 502 g/mol. The molecule has 0 radical (unpaired) electrons. The standard InChI is InChI=1S/C21H24BrN3O6S/c1-3-31-20(27)12-23-19(26)13-25(32(29,30)18-10-4-15(2)5-11-18)14-24-21(28)16-6-8-17(22)9-7-16/h4-11H,3,12-14H2,1-2H3,(H,23,26)(H,24,28). The summed E-state index contributed by atoms with van der Waals surface area (Å²) in [4.78, 5) is 36.2. The first-order valence-electron chi connectivity index (χ1n) is 9.66. The van der Waals surface area contributed by atoms with Crippen molar-refractivity contribution in [3.63, 3.8) is 0 Å². The van der Waals surface area contributed by atoms with E-state index in [9.17, 15) is 22.8 Å². The number of nitrogens with one attached hydrogen (secondary N) is 2. The molecule has 2 rings (SSSR count). The lowest BCUT2D eigenvalue weighted by molar-refractivity contribution is -0.143. The van der Waals surface area contributed by atoms with Crippen LogP contribution in [0, 0.1) is 6.92 Å². The van der Waals surface area contributed by atoms with E-state index in [4.69, 9.17) is 4.74 Å². The molecule has 2 amide bonds. The van der Waals surface area contributed by atoms with Gasteiger partial charge >= 0.3 is 5.97 Å². The SMILES string of the molecule is CCOC(=O)CNC(=O)CN(CNC(=O)c1ccc(Br)cc1)S(=O)(=O)c1ccc(C)cc1. The average molecular weight is 526 g/mol. The summed E-state index contributed by atoms with van der Waals surface area (Å²) < 4.78 is 32.6. The number of amides is 2. The highest BCUT2D eigenvalue weighted by Gasteiger charge is 2.27. The van der Waals surface area contributed by atoms with Crippen LogP contribution < -0.4 is 10.6 Å². The largest absolute Gasteiger partial charge is 0.465 e. The molecular formula is C21H24BrN3O6S. The molecule has 0 aliphatic heterocycles. The molecule has 2 aromatic rings. The number of ether oxygens (including phenoxy) is 1. The minimum Gasteiger partial charge on any atom is -0.465 e. The quantitative estimate of drug-likeness (QED) is 0.360. The Morgan fingerprint density at radius 3 is 2.22 bits per heavy atom. The Labute approximate surface area is 195 Å². The zero-order valence-corrected chi connectivity index (χ0v) is 20.0. The highest BCUT2D eigenvalue weighted by Crippen LogP contribution is 2.16. The van der Waals surface area contributed by atoms with Crippen LogP contribution in [0.4, 0.5) is 0 Å². The van der Waals surface area contributed by atoms with E-state index < -0.39 is 47.6 Å². The summed E-state index contributed by atoms with van der Waals surface area (Å²) in [7, 11) is -4.11. The number of carbonyl (C=O) groups excluding carboxylic acids is 3. The van der Waals surface area contributed by atoms with Crippen LogP contribution in [-0.2, 0) is 24.3 Å². The van der Waals surface area contributed by atoms with Crippen molar-refractivity contribution in [2.75, 3.05) is 26.4 Å². The van der Waals surface area contributed by atoms with Crippen molar-refractivity contribution in [2.24, 2.45) is 0 Å². The Morgan fingerprint density at radius 1 is 1.00 bits per heavy atom. The molecule has 2 N–H and O–H groups in total. The molecule has 0 saturated heterocycles. The molecule has 172 valence electrons. The lowest BCUT2D eigenvalue weighted by atomic mass is 10.2. The van der Waals surface area contributed by atoms with Crippen LogP contribution in [0.2, 0.25) is 0 Å². The summed E-state index contributed by atoms with van der Waals surface area (Å²) in [5, 5.41) is 4.84. The second-order valence-corrected chi connectivity index (χ2v) is 9.53. The maximum absolute atomic E-state index is 13.1. The summed E-state index contributed by atoms with van der Waals surface area (Å²) >= 11 is 3.28. The van der Waals surface area contributed by atoms with Crippen molar-refractivity contribution in [1.82, 2.24) is 14.9 Å². The summed E-state index contributed by atoms with van der Waals surface area (Å²) in [5.74, 6) is -1.86. The normalized spacial score (nSPS) is 11.1. The number of halogens is 1. The fourth-order valence-corrected chi connectivity index (χ4v) is 4.11. The number of benzene rings is 2. The van der Waals surface area contributed by atoms with E-state index >= 15 is 0 Å². The van der Waals surface area contributed by atoms with Gasteiger partial charge in [-0.2, -0.15) is 4.31 Å². The van der Waals surface area contributed by atoms with Crippen molar-refractivity contribution in [3.05, 3.63) is 64.1 Å². The summed E-state index contributed by atoms with van der Waals surface area (Å²) in [6.45, 7) is 2.16. The second kappa shape index (κ2) is 11.7. The van der Waals surface area contributed by atoms with Crippen LogP contribution in [0.1, 0.15) is 22.8 Å². The predicted molar refractivity (Wildman–Crippen MR) is 121 cm³/mol. The van der Waals surface area contributed by atoms with Gasteiger partial charge in [0.2, 0.25) is 15.9 Å². The minimum absolute atomic E-state index is 0.0285. The first-order chi connectivity index (χ1) is 15.1. The van der Waals surface area contributed by atoms with Gasteiger partial charge in [-0.05, 0) is 50.2 Å². The molecule has 2 aromatic carbocycles. The molecule has 0 aliphatic rings. The van der Waals surface area contributed by atoms with Crippen LogP contribution in [0.15, 0.2) is 57.9 Å². The van der Waals surface area contributed by atoms with Crippen LogP contribution in [0.3, 0.4) is 0 Å². The van der Waals surface area contributed by atoms with Gasteiger partial charge in [0.1, 0.15) is 6.54 Å². The Morgan fingerprint density at radius 2 is 1.62 bits per heavy atom. The van der Waals surface area contributed by atoms with E-state index in [2.05, 4.69) is 26.6 Å². The number of aryl methyl sites for hydroxylation is 1. The van der Waals surface area contributed by atoms with Crippen LogP contribution in [-0.4, -0.2) is 56.9 Å². The smallest absolute Gasteiger partial charge is 0.325 e. The first kappa shape index (κ1) is 25.5. The van der Waals surface area contributed by atoms with Gasteiger partial charge in [-0.25, -0.2) is 8.42 Å². The summed E-state index contributed by atoms with van der Waals surface area (Å²) in [6, 6.07) is 12.6. The van der Waals surface area contributed by atoms with Crippen molar-refractivity contribution in [2.45, 2.75) is 18.7 Å². The van der Waals surface area contributed by atoms with E-state index in [1.807, 2.05) is 6.92 Å². The molecule has 0 heterocycles. The van der Waals surface area contributed by atoms with Gasteiger partial charge in [0.05, 0.1) is 24.7 Å². The van der Waals surface area contributed by atoms with E-state index in [1.54, 1.807) is 43.3 Å². The maximum atomic E-state index is 13.1. The van der Waals surface area contributed by atoms with Crippen LogP contribution >= 0.6 is 15.9 Å². The third kappa shape index (κ3) is 7.43.